The fourth-order valence-electron chi connectivity index (χ4n) is 2.84. The summed E-state index contributed by atoms with van der Waals surface area (Å²) in [5, 5.41) is 0.492. The zero-order valence-corrected chi connectivity index (χ0v) is 14.5. The number of anilines is 1. The molecule has 1 aliphatic rings. The molecule has 1 heterocycles. The lowest BCUT2D eigenvalue weighted by atomic mass is 10.2. The van der Waals surface area contributed by atoms with Crippen LogP contribution in [0.1, 0.15) is 41.0 Å². The molecule has 0 saturated carbocycles. The van der Waals surface area contributed by atoms with Crippen molar-refractivity contribution >= 4 is 26.5 Å². The number of aryl methyl sites for hydroxylation is 4. The van der Waals surface area contributed by atoms with E-state index in [0.717, 1.165) is 36.1 Å². The Kier molecular flexibility index (Phi) is 4.23. The van der Waals surface area contributed by atoms with E-state index in [2.05, 4.69) is 9.71 Å². The molecule has 0 saturated heterocycles. The van der Waals surface area contributed by atoms with Gasteiger partial charge in [-0.2, -0.15) is 0 Å². The number of aromatic nitrogens is 1. The summed E-state index contributed by atoms with van der Waals surface area (Å²) in [5.74, 6) is 0. The number of thiazole rings is 1. The standard InChI is InChI=1S/C16H20N2O2S2/c1-11-8-9-15(12(2)10-11)22(19,20)18-16-17-13-6-4-3-5-7-14(13)21-16/h8-10H,3-7H2,1-2H3,(H,17,18). The smallest absolute Gasteiger partial charge is 0.255 e. The number of hydrogen-bond acceptors (Lipinski definition) is 4. The Morgan fingerprint density at radius 3 is 2.68 bits per heavy atom. The van der Waals surface area contributed by atoms with Gasteiger partial charge in [-0.25, -0.2) is 13.4 Å². The Hall–Kier alpha value is -1.40. The van der Waals surface area contributed by atoms with E-state index in [9.17, 15) is 8.42 Å². The molecule has 0 unspecified atom stereocenters. The van der Waals surface area contributed by atoms with Crippen molar-refractivity contribution < 1.29 is 8.42 Å². The molecule has 0 bridgehead atoms. The molecule has 1 aromatic heterocycles. The molecule has 4 nitrogen and oxygen atoms in total. The molecule has 1 aliphatic carbocycles. The zero-order valence-electron chi connectivity index (χ0n) is 12.8. The molecule has 3 rings (SSSR count). The summed E-state index contributed by atoms with van der Waals surface area (Å²) in [6, 6.07) is 5.36. The second-order valence-corrected chi connectivity index (χ2v) is 8.56. The molecule has 118 valence electrons. The summed E-state index contributed by atoms with van der Waals surface area (Å²) in [6.45, 7) is 3.77. The number of nitrogens with zero attached hydrogens (tertiary/aromatic N) is 1. The molecule has 0 radical (unpaired) electrons. The molecule has 0 fully saturated rings. The summed E-state index contributed by atoms with van der Waals surface area (Å²) < 4.78 is 27.8. The number of benzene rings is 1. The summed E-state index contributed by atoms with van der Waals surface area (Å²) in [7, 11) is -3.57. The van der Waals surface area contributed by atoms with Gasteiger partial charge in [0.15, 0.2) is 5.13 Å². The fourth-order valence-corrected chi connectivity index (χ4v) is 5.36. The van der Waals surface area contributed by atoms with Crippen molar-refractivity contribution in [3.05, 3.63) is 39.9 Å². The van der Waals surface area contributed by atoms with Gasteiger partial charge in [0.2, 0.25) is 0 Å². The van der Waals surface area contributed by atoms with Gasteiger partial charge >= 0.3 is 0 Å². The highest BCUT2D eigenvalue weighted by molar-refractivity contribution is 7.93. The maximum atomic E-state index is 12.6. The van der Waals surface area contributed by atoms with Crippen LogP contribution in [0, 0.1) is 13.8 Å². The highest BCUT2D eigenvalue weighted by Gasteiger charge is 2.21. The van der Waals surface area contributed by atoms with Gasteiger partial charge in [0.1, 0.15) is 0 Å². The van der Waals surface area contributed by atoms with Crippen LogP contribution in [0.5, 0.6) is 0 Å². The van der Waals surface area contributed by atoms with Gasteiger partial charge in [-0.15, -0.1) is 11.3 Å². The van der Waals surface area contributed by atoms with Gasteiger partial charge in [0, 0.05) is 4.88 Å². The maximum absolute atomic E-state index is 12.6. The molecule has 0 spiro atoms. The van der Waals surface area contributed by atoms with Crippen LogP contribution in [0.4, 0.5) is 5.13 Å². The molecular weight excluding hydrogens is 316 g/mol. The van der Waals surface area contributed by atoms with E-state index in [1.807, 2.05) is 26.0 Å². The van der Waals surface area contributed by atoms with E-state index < -0.39 is 10.0 Å². The second kappa shape index (κ2) is 6.01. The zero-order chi connectivity index (χ0) is 15.7. The van der Waals surface area contributed by atoms with E-state index in [0.29, 0.717) is 10.0 Å². The number of hydrogen-bond donors (Lipinski definition) is 1. The SMILES string of the molecule is Cc1ccc(S(=O)(=O)Nc2nc3c(s2)CCCCC3)c(C)c1. The monoisotopic (exact) mass is 336 g/mol. The number of fused-ring (bicyclic) bond motifs is 1. The third-order valence-electron chi connectivity index (χ3n) is 3.94. The van der Waals surface area contributed by atoms with E-state index in [1.165, 1.54) is 29.1 Å². The van der Waals surface area contributed by atoms with E-state index >= 15 is 0 Å². The molecule has 2 aromatic rings. The van der Waals surface area contributed by atoms with Crippen LogP contribution >= 0.6 is 11.3 Å². The van der Waals surface area contributed by atoms with Crippen molar-refractivity contribution in [1.29, 1.82) is 0 Å². The van der Waals surface area contributed by atoms with Crippen molar-refractivity contribution in [3.63, 3.8) is 0 Å². The van der Waals surface area contributed by atoms with Crippen LogP contribution < -0.4 is 4.72 Å². The van der Waals surface area contributed by atoms with Gasteiger partial charge in [-0.05, 0) is 51.2 Å². The highest BCUT2D eigenvalue weighted by atomic mass is 32.2. The number of rotatable bonds is 3. The summed E-state index contributed by atoms with van der Waals surface area (Å²) in [4.78, 5) is 6.05. The Balaban J connectivity index is 1.88. The predicted octanol–water partition coefficient (Wildman–Crippen LogP) is 3.83. The molecule has 1 aromatic carbocycles. The van der Waals surface area contributed by atoms with Crippen molar-refractivity contribution in [3.8, 4) is 0 Å². The average Bonchev–Trinajstić information content (AvgIpc) is 2.66. The van der Waals surface area contributed by atoms with E-state index in [-0.39, 0.29) is 0 Å². The molecule has 22 heavy (non-hydrogen) atoms. The Labute approximate surface area is 135 Å². The van der Waals surface area contributed by atoms with Gasteiger partial charge < -0.3 is 0 Å². The van der Waals surface area contributed by atoms with Crippen LogP contribution in [-0.2, 0) is 22.9 Å². The topological polar surface area (TPSA) is 59.1 Å². The largest absolute Gasteiger partial charge is 0.263 e. The first-order valence-electron chi connectivity index (χ1n) is 7.54. The van der Waals surface area contributed by atoms with Crippen molar-refractivity contribution in [2.75, 3.05) is 4.72 Å². The van der Waals surface area contributed by atoms with Crippen LogP contribution in [0.15, 0.2) is 23.1 Å². The average molecular weight is 336 g/mol. The minimum absolute atomic E-state index is 0.323. The van der Waals surface area contributed by atoms with Crippen molar-refractivity contribution in [2.24, 2.45) is 0 Å². The minimum Gasteiger partial charge on any atom is -0.255 e. The van der Waals surface area contributed by atoms with Crippen molar-refractivity contribution in [1.82, 2.24) is 4.98 Å². The third kappa shape index (κ3) is 3.17. The van der Waals surface area contributed by atoms with Crippen LogP contribution in [0.2, 0.25) is 0 Å². The molecule has 0 atom stereocenters. The Morgan fingerprint density at radius 1 is 1.14 bits per heavy atom. The summed E-state index contributed by atoms with van der Waals surface area (Å²) in [5.41, 5.74) is 2.88. The molecular formula is C16H20N2O2S2. The fraction of sp³-hybridized carbons (Fsp3) is 0.438. The number of nitrogens with one attached hydrogen (secondary N) is 1. The molecule has 6 heteroatoms. The second-order valence-electron chi connectivity index (χ2n) is 5.82. The third-order valence-corrected chi connectivity index (χ3v) is 6.64. The van der Waals surface area contributed by atoms with Gasteiger partial charge in [-0.1, -0.05) is 24.1 Å². The lowest BCUT2D eigenvalue weighted by Crippen LogP contribution is -2.14. The quantitative estimate of drug-likeness (QED) is 0.867. The maximum Gasteiger partial charge on any atom is 0.263 e. The first-order valence-corrected chi connectivity index (χ1v) is 9.84. The molecule has 0 amide bonds. The van der Waals surface area contributed by atoms with Crippen molar-refractivity contribution in [2.45, 2.75) is 50.8 Å². The van der Waals surface area contributed by atoms with Gasteiger partial charge in [-0.3, -0.25) is 4.72 Å². The first-order chi connectivity index (χ1) is 10.5. The lowest BCUT2D eigenvalue weighted by molar-refractivity contribution is 0.600. The Morgan fingerprint density at radius 2 is 1.91 bits per heavy atom. The predicted molar refractivity (Wildman–Crippen MR) is 90.1 cm³/mol. The van der Waals surface area contributed by atoms with Gasteiger partial charge in [0.25, 0.3) is 10.0 Å². The lowest BCUT2D eigenvalue weighted by Gasteiger charge is -2.08. The first kappa shape index (κ1) is 15.5. The summed E-state index contributed by atoms with van der Waals surface area (Å²) >= 11 is 1.48. The molecule has 1 N–H and O–H groups in total. The summed E-state index contributed by atoms with van der Waals surface area (Å²) in [6.07, 6.45) is 5.50. The van der Waals surface area contributed by atoms with Crippen LogP contribution in [0.3, 0.4) is 0 Å². The number of sulfonamides is 1. The van der Waals surface area contributed by atoms with E-state index in [1.54, 1.807) is 6.07 Å². The highest BCUT2D eigenvalue weighted by Crippen LogP contribution is 2.30. The van der Waals surface area contributed by atoms with E-state index in [4.69, 9.17) is 0 Å². The van der Waals surface area contributed by atoms with Gasteiger partial charge in [0.05, 0.1) is 10.6 Å². The normalized spacial score (nSPS) is 15.2. The molecule has 0 aliphatic heterocycles. The van der Waals surface area contributed by atoms with Crippen LogP contribution in [-0.4, -0.2) is 13.4 Å². The van der Waals surface area contributed by atoms with Crippen LogP contribution in [0.25, 0.3) is 0 Å². The minimum atomic E-state index is -3.57. The Bertz CT molecular complexity index is 771.